The van der Waals surface area contributed by atoms with Crippen LogP contribution in [0.15, 0.2) is 18.2 Å². The summed E-state index contributed by atoms with van der Waals surface area (Å²) in [5, 5.41) is 12.7. The first-order chi connectivity index (χ1) is 9.93. The third kappa shape index (κ3) is 4.73. The minimum absolute atomic E-state index is 0. The van der Waals surface area contributed by atoms with Gasteiger partial charge in [0.25, 0.3) is 0 Å². The van der Waals surface area contributed by atoms with E-state index >= 15 is 0 Å². The first-order valence-corrected chi connectivity index (χ1v) is 7.23. The number of nitrogens with one attached hydrogen (secondary N) is 1. The lowest BCUT2D eigenvalue weighted by molar-refractivity contribution is -0.137. The smallest absolute Gasteiger partial charge is 0.396 e. The number of piperazine rings is 1. The number of aliphatic hydroxyl groups is 1. The van der Waals surface area contributed by atoms with E-state index in [2.05, 4.69) is 10.2 Å². The summed E-state index contributed by atoms with van der Waals surface area (Å²) < 4.78 is 38.6. The van der Waals surface area contributed by atoms with Crippen molar-refractivity contribution in [2.45, 2.75) is 18.6 Å². The molecule has 2 rings (SSSR count). The third-order valence-corrected chi connectivity index (χ3v) is 4.02. The number of aliphatic hydroxyl groups excluding tert-OH is 1. The highest BCUT2D eigenvalue weighted by Gasteiger charge is 2.32. The van der Waals surface area contributed by atoms with Crippen molar-refractivity contribution in [3.8, 4) is 0 Å². The maximum atomic E-state index is 12.9. The second-order valence-corrected chi connectivity index (χ2v) is 5.46. The Morgan fingerprint density at radius 3 is 2.45 bits per heavy atom. The Balaban J connectivity index is 0.00000242. The first-order valence-electron chi connectivity index (χ1n) is 6.85. The van der Waals surface area contributed by atoms with Gasteiger partial charge in [0.05, 0.1) is 5.56 Å². The molecule has 1 aliphatic rings. The van der Waals surface area contributed by atoms with E-state index in [9.17, 15) is 18.3 Å². The normalized spacial score (nSPS) is 17.9. The summed E-state index contributed by atoms with van der Waals surface area (Å²) in [4.78, 5) is 2.06. The van der Waals surface area contributed by atoms with Crippen molar-refractivity contribution in [1.29, 1.82) is 0 Å². The highest BCUT2D eigenvalue weighted by Crippen LogP contribution is 2.36. The van der Waals surface area contributed by atoms with E-state index in [0.717, 1.165) is 38.3 Å². The zero-order valence-corrected chi connectivity index (χ0v) is 13.4. The lowest BCUT2D eigenvalue weighted by Gasteiger charge is -2.35. The van der Waals surface area contributed by atoms with Gasteiger partial charge in [0.1, 0.15) is 0 Å². The maximum absolute atomic E-state index is 12.9. The van der Waals surface area contributed by atoms with E-state index in [0.29, 0.717) is 17.0 Å². The van der Waals surface area contributed by atoms with Crippen molar-refractivity contribution >= 4 is 24.0 Å². The van der Waals surface area contributed by atoms with E-state index < -0.39 is 11.7 Å². The monoisotopic (exact) mass is 358 g/mol. The van der Waals surface area contributed by atoms with Gasteiger partial charge in [-0.05, 0) is 30.2 Å². The molecule has 0 radical (unpaired) electrons. The Morgan fingerprint density at radius 1 is 1.27 bits per heavy atom. The second kappa shape index (κ2) is 8.36. The fourth-order valence-electron chi connectivity index (χ4n) is 2.63. The highest BCUT2D eigenvalue weighted by atomic mass is 35.5. The molecule has 0 unspecified atom stereocenters. The molecule has 0 amide bonds. The quantitative estimate of drug-likeness (QED) is 0.867. The molecule has 0 spiro atoms. The van der Waals surface area contributed by atoms with Gasteiger partial charge >= 0.3 is 6.18 Å². The average Bonchev–Trinajstić information content (AvgIpc) is 2.45. The molecule has 1 fully saturated rings. The summed E-state index contributed by atoms with van der Waals surface area (Å²) in [5.41, 5.74) is -0.276. The summed E-state index contributed by atoms with van der Waals surface area (Å²) in [6.45, 7) is 2.90. The maximum Gasteiger partial charge on any atom is 0.416 e. The molecule has 3 nitrogen and oxygen atoms in total. The molecule has 0 saturated carbocycles. The van der Waals surface area contributed by atoms with Crippen LogP contribution in [0.25, 0.3) is 0 Å². The SMILES string of the molecule is Cl.OCC[C@@H](c1cc(C(F)(F)F)ccc1Cl)N1CCNCC1. The molecule has 1 saturated heterocycles. The fourth-order valence-corrected chi connectivity index (χ4v) is 2.87. The molecule has 126 valence electrons. The number of alkyl halides is 3. The first kappa shape index (κ1) is 19.5. The van der Waals surface area contributed by atoms with E-state index in [1.807, 2.05) is 0 Å². The summed E-state index contributed by atoms with van der Waals surface area (Å²) >= 11 is 6.10. The molecule has 0 aliphatic carbocycles. The Kier molecular flexibility index (Phi) is 7.41. The van der Waals surface area contributed by atoms with Crippen molar-refractivity contribution in [3.63, 3.8) is 0 Å². The number of hydrogen-bond donors (Lipinski definition) is 2. The van der Waals surface area contributed by atoms with Gasteiger partial charge in [-0.3, -0.25) is 4.90 Å². The number of halogens is 5. The molecular formula is C14H19Cl2F3N2O. The van der Waals surface area contributed by atoms with Gasteiger partial charge in [-0.2, -0.15) is 13.2 Å². The van der Waals surface area contributed by atoms with Crippen molar-refractivity contribution < 1.29 is 18.3 Å². The number of nitrogens with zero attached hydrogens (tertiary/aromatic N) is 1. The largest absolute Gasteiger partial charge is 0.416 e. The van der Waals surface area contributed by atoms with Crippen LogP contribution in [0, 0.1) is 0 Å². The van der Waals surface area contributed by atoms with E-state index in [1.165, 1.54) is 6.07 Å². The molecule has 2 N–H and O–H groups in total. The van der Waals surface area contributed by atoms with E-state index in [4.69, 9.17) is 11.6 Å². The van der Waals surface area contributed by atoms with Crippen molar-refractivity contribution in [3.05, 3.63) is 34.3 Å². The second-order valence-electron chi connectivity index (χ2n) is 5.05. The van der Waals surface area contributed by atoms with Crippen LogP contribution >= 0.6 is 24.0 Å². The number of hydrogen-bond acceptors (Lipinski definition) is 3. The van der Waals surface area contributed by atoms with Gasteiger partial charge < -0.3 is 10.4 Å². The van der Waals surface area contributed by atoms with E-state index in [-0.39, 0.29) is 25.1 Å². The van der Waals surface area contributed by atoms with Crippen LogP contribution in [0.1, 0.15) is 23.6 Å². The lowest BCUT2D eigenvalue weighted by atomic mass is 9.99. The van der Waals surface area contributed by atoms with Crippen LogP contribution in [0.4, 0.5) is 13.2 Å². The fraction of sp³-hybridized carbons (Fsp3) is 0.571. The predicted molar refractivity (Wildman–Crippen MR) is 82.6 cm³/mol. The number of rotatable bonds is 4. The standard InChI is InChI=1S/C14H18ClF3N2O.ClH/c15-12-2-1-10(14(16,17)18)9-11(12)13(3-8-21)20-6-4-19-5-7-20;/h1-2,9,13,19,21H,3-8H2;1H/t13-;/m0./s1. The zero-order valence-electron chi connectivity index (χ0n) is 11.9. The summed E-state index contributed by atoms with van der Waals surface area (Å²) in [6, 6.07) is 3.07. The molecule has 1 aromatic rings. The van der Waals surface area contributed by atoms with Crippen LogP contribution in [-0.4, -0.2) is 42.8 Å². The van der Waals surface area contributed by atoms with Crippen molar-refractivity contribution in [1.82, 2.24) is 10.2 Å². The van der Waals surface area contributed by atoms with Gasteiger partial charge in [-0.1, -0.05) is 11.6 Å². The Morgan fingerprint density at radius 2 is 1.91 bits per heavy atom. The molecule has 22 heavy (non-hydrogen) atoms. The zero-order chi connectivity index (χ0) is 15.5. The van der Waals surface area contributed by atoms with Gasteiger partial charge in [0.2, 0.25) is 0 Å². The molecular weight excluding hydrogens is 340 g/mol. The minimum atomic E-state index is -4.40. The summed E-state index contributed by atoms with van der Waals surface area (Å²) in [7, 11) is 0. The topological polar surface area (TPSA) is 35.5 Å². The van der Waals surface area contributed by atoms with Crippen molar-refractivity contribution in [2.24, 2.45) is 0 Å². The minimum Gasteiger partial charge on any atom is -0.396 e. The molecule has 8 heteroatoms. The lowest BCUT2D eigenvalue weighted by Crippen LogP contribution is -2.45. The van der Waals surface area contributed by atoms with Crippen LogP contribution in [0.2, 0.25) is 5.02 Å². The van der Waals surface area contributed by atoms with Crippen molar-refractivity contribution in [2.75, 3.05) is 32.8 Å². The molecule has 1 atom stereocenters. The van der Waals surface area contributed by atoms with E-state index in [1.54, 1.807) is 0 Å². The van der Waals surface area contributed by atoms with Crippen LogP contribution in [0.5, 0.6) is 0 Å². The molecule has 0 bridgehead atoms. The van der Waals surface area contributed by atoms with Gasteiger partial charge in [0, 0.05) is 43.9 Å². The molecule has 1 heterocycles. The van der Waals surface area contributed by atoms with Gasteiger partial charge in [-0.15, -0.1) is 12.4 Å². The molecule has 0 aromatic heterocycles. The Hall–Kier alpha value is -0.530. The average molecular weight is 359 g/mol. The Bertz CT molecular complexity index is 480. The highest BCUT2D eigenvalue weighted by molar-refractivity contribution is 6.31. The third-order valence-electron chi connectivity index (χ3n) is 3.68. The molecule has 1 aliphatic heterocycles. The van der Waals surface area contributed by atoms with Crippen LogP contribution in [0.3, 0.4) is 0 Å². The predicted octanol–water partition coefficient (Wildman–Crippen LogP) is 3.11. The Labute approximate surface area is 138 Å². The van der Waals surface area contributed by atoms with Crippen LogP contribution < -0.4 is 5.32 Å². The molecule has 1 aromatic carbocycles. The summed E-state index contributed by atoms with van der Waals surface area (Å²) in [6.07, 6.45) is -4.03. The van der Waals surface area contributed by atoms with Gasteiger partial charge in [-0.25, -0.2) is 0 Å². The van der Waals surface area contributed by atoms with Gasteiger partial charge in [0.15, 0.2) is 0 Å². The summed E-state index contributed by atoms with van der Waals surface area (Å²) in [5.74, 6) is 0. The van der Waals surface area contributed by atoms with Crippen LogP contribution in [-0.2, 0) is 6.18 Å². The number of benzene rings is 1.